The average Bonchev–Trinajstić information content (AvgIpc) is 2.40. The molecule has 0 rings (SSSR count). The summed E-state index contributed by atoms with van der Waals surface area (Å²) in [6.45, 7) is 0. The second kappa shape index (κ2) is 9.67. The Morgan fingerprint density at radius 2 is 1.10 bits per heavy atom. The Labute approximate surface area is 125 Å². The molecule has 8 heteroatoms. The lowest BCUT2D eigenvalue weighted by Gasteiger charge is -2.36. The van der Waals surface area contributed by atoms with Crippen LogP contribution in [0.3, 0.4) is 0 Å². The van der Waals surface area contributed by atoms with E-state index in [0.717, 1.165) is 0 Å². The van der Waals surface area contributed by atoms with Gasteiger partial charge in [0, 0.05) is 54.1 Å². The van der Waals surface area contributed by atoms with Crippen molar-refractivity contribution < 1.29 is 28.5 Å². The van der Waals surface area contributed by atoms with Gasteiger partial charge < -0.3 is 30.4 Å². The number of hydrogen-bond donors (Lipinski definition) is 2. The van der Waals surface area contributed by atoms with E-state index in [4.69, 9.17) is 30.4 Å². The summed E-state index contributed by atoms with van der Waals surface area (Å²) in [6.07, 6.45) is -0.786. The summed E-state index contributed by atoms with van der Waals surface area (Å²) in [5.41, 5.74) is 9.78. The molecule has 0 aliphatic heterocycles. The number of rotatable bonds is 12. The number of hydrogen-bond acceptors (Lipinski definition) is 6. The Morgan fingerprint density at radius 3 is 1.29 bits per heavy atom. The van der Waals surface area contributed by atoms with Crippen LogP contribution in [0.25, 0.3) is 0 Å². The van der Waals surface area contributed by atoms with Crippen molar-refractivity contribution in [3.05, 3.63) is 0 Å². The second-order valence-electron chi connectivity index (χ2n) is 5.00. The molecule has 8 nitrogen and oxygen atoms in total. The van der Waals surface area contributed by atoms with Gasteiger partial charge >= 0.3 is 0 Å². The molecule has 2 amide bonds. The molecule has 0 spiro atoms. The van der Waals surface area contributed by atoms with E-state index in [2.05, 4.69) is 0 Å². The van der Waals surface area contributed by atoms with Gasteiger partial charge in [-0.1, -0.05) is 0 Å². The summed E-state index contributed by atoms with van der Waals surface area (Å²) in [5, 5.41) is 0. The van der Waals surface area contributed by atoms with Crippen LogP contribution in [0, 0.1) is 5.41 Å². The maximum atomic E-state index is 11.4. The molecule has 0 aliphatic carbocycles. The molecule has 0 aromatic heterocycles. The normalized spacial score (nSPS) is 12.1. The molecule has 124 valence electrons. The number of amides is 2. The minimum atomic E-state index is -0.856. The number of ether oxygens (including phenoxy) is 4. The van der Waals surface area contributed by atoms with Gasteiger partial charge in [0.2, 0.25) is 11.8 Å². The summed E-state index contributed by atoms with van der Waals surface area (Å²) in [6, 6.07) is 0. The lowest BCUT2D eigenvalue weighted by Crippen LogP contribution is -2.40. The van der Waals surface area contributed by atoms with Crippen LogP contribution in [0.1, 0.15) is 25.7 Å². The highest BCUT2D eigenvalue weighted by Crippen LogP contribution is 2.38. The first-order chi connectivity index (χ1) is 9.82. The highest BCUT2D eigenvalue weighted by molar-refractivity contribution is 5.78. The predicted octanol–water partition coefficient (Wildman–Crippen LogP) is -0.258. The third-order valence-corrected chi connectivity index (χ3v) is 3.35. The monoisotopic (exact) mass is 306 g/mol. The van der Waals surface area contributed by atoms with Gasteiger partial charge in [-0.15, -0.1) is 0 Å². The Balaban J connectivity index is 5.37. The molecule has 0 heterocycles. The van der Waals surface area contributed by atoms with Gasteiger partial charge in [0.15, 0.2) is 12.6 Å². The number of methoxy groups -OCH3 is 4. The highest BCUT2D eigenvalue weighted by atomic mass is 16.7. The van der Waals surface area contributed by atoms with E-state index < -0.39 is 29.8 Å². The fourth-order valence-corrected chi connectivity index (χ4v) is 2.41. The molecule has 0 atom stereocenters. The van der Waals surface area contributed by atoms with Crippen molar-refractivity contribution in [3.8, 4) is 0 Å². The van der Waals surface area contributed by atoms with Gasteiger partial charge in [-0.2, -0.15) is 0 Å². The van der Waals surface area contributed by atoms with Gasteiger partial charge in [0.1, 0.15) is 0 Å². The largest absolute Gasteiger partial charge is 0.370 e. The van der Waals surface area contributed by atoms with Gasteiger partial charge in [0.05, 0.1) is 0 Å². The van der Waals surface area contributed by atoms with E-state index in [-0.39, 0.29) is 25.7 Å². The van der Waals surface area contributed by atoms with Crippen molar-refractivity contribution in [2.75, 3.05) is 28.4 Å². The van der Waals surface area contributed by atoms with Crippen LogP contribution in [-0.2, 0) is 28.5 Å². The fraction of sp³-hybridized carbons (Fsp3) is 0.846. The summed E-state index contributed by atoms with van der Waals surface area (Å²) >= 11 is 0. The van der Waals surface area contributed by atoms with Crippen molar-refractivity contribution in [1.29, 1.82) is 0 Å². The molecular weight excluding hydrogens is 280 g/mol. The highest BCUT2D eigenvalue weighted by Gasteiger charge is 2.39. The third kappa shape index (κ3) is 7.37. The van der Waals surface area contributed by atoms with E-state index in [9.17, 15) is 9.59 Å². The van der Waals surface area contributed by atoms with Crippen molar-refractivity contribution >= 4 is 11.8 Å². The van der Waals surface area contributed by atoms with Crippen molar-refractivity contribution in [3.63, 3.8) is 0 Å². The Bertz CT molecular complexity index is 297. The van der Waals surface area contributed by atoms with E-state index >= 15 is 0 Å². The Hall–Kier alpha value is -1.22. The first-order valence-electron chi connectivity index (χ1n) is 6.50. The molecule has 0 saturated heterocycles. The SMILES string of the molecule is COC(CC(CC(N)=O)(CC(N)=O)CC(OC)OC)OC. The molecule has 0 aromatic rings. The zero-order chi connectivity index (χ0) is 16.5. The van der Waals surface area contributed by atoms with Crippen LogP contribution in [0.2, 0.25) is 0 Å². The summed E-state index contributed by atoms with van der Waals surface area (Å²) in [5.74, 6) is -1.10. The first kappa shape index (κ1) is 19.8. The standard InChI is InChI=1S/C13H26N2O6/c1-18-11(19-2)7-13(5-9(14)16,6-10(15)17)8-12(20-3)21-4/h11-12H,5-8H2,1-4H3,(H2,14,16)(H2,15,17). The maximum Gasteiger partial charge on any atom is 0.217 e. The molecule has 4 N–H and O–H groups in total. The molecular formula is C13H26N2O6. The lowest BCUT2D eigenvalue weighted by atomic mass is 9.74. The van der Waals surface area contributed by atoms with Crippen LogP contribution in [0.15, 0.2) is 0 Å². The van der Waals surface area contributed by atoms with Gasteiger partial charge in [-0.25, -0.2) is 0 Å². The van der Waals surface area contributed by atoms with E-state index in [1.165, 1.54) is 28.4 Å². The molecule has 0 radical (unpaired) electrons. The van der Waals surface area contributed by atoms with E-state index in [1.54, 1.807) is 0 Å². The van der Waals surface area contributed by atoms with Crippen LogP contribution in [0.4, 0.5) is 0 Å². The number of carbonyl (C=O) groups is 2. The molecule has 21 heavy (non-hydrogen) atoms. The third-order valence-electron chi connectivity index (χ3n) is 3.35. The zero-order valence-electron chi connectivity index (χ0n) is 13.1. The number of primary amides is 2. The quantitative estimate of drug-likeness (QED) is 0.479. The smallest absolute Gasteiger partial charge is 0.217 e. The van der Waals surface area contributed by atoms with Crippen molar-refractivity contribution in [2.45, 2.75) is 38.3 Å². The van der Waals surface area contributed by atoms with Crippen molar-refractivity contribution in [2.24, 2.45) is 16.9 Å². The molecule has 0 bridgehead atoms. The minimum Gasteiger partial charge on any atom is -0.370 e. The topological polar surface area (TPSA) is 123 Å². The van der Waals surface area contributed by atoms with Crippen LogP contribution < -0.4 is 11.5 Å². The first-order valence-corrected chi connectivity index (χ1v) is 6.50. The molecule has 0 fully saturated rings. The maximum absolute atomic E-state index is 11.4. The Morgan fingerprint density at radius 1 is 0.810 bits per heavy atom. The van der Waals surface area contributed by atoms with E-state index in [0.29, 0.717) is 0 Å². The predicted molar refractivity (Wildman–Crippen MR) is 74.9 cm³/mol. The van der Waals surface area contributed by atoms with Crippen LogP contribution in [0.5, 0.6) is 0 Å². The minimum absolute atomic E-state index is 0.0532. The molecule has 0 aromatic carbocycles. The fourth-order valence-electron chi connectivity index (χ4n) is 2.41. The van der Waals surface area contributed by atoms with Crippen LogP contribution >= 0.6 is 0 Å². The lowest BCUT2D eigenvalue weighted by molar-refractivity contribution is -0.163. The Kier molecular flexibility index (Phi) is 9.11. The van der Waals surface area contributed by atoms with Crippen molar-refractivity contribution in [1.82, 2.24) is 0 Å². The molecule has 0 saturated carbocycles. The number of nitrogens with two attached hydrogens (primary N) is 2. The summed E-state index contributed by atoms with van der Waals surface area (Å²) in [7, 11) is 5.88. The average molecular weight is 306 g/mol. The van der Waals surface area contributed by atoms with Gasteiger partial charge in [-0.3, -0.25) is 9.59 Å². The molecule has 0 unspecified atom stereocenters. The van der Waals surface area contributed by atoms with E-state index in [1.807, 2.05) is 0 Å². The van der Waals surface area contributed by atoms with Gasteiger partial charge in [0.25, 0.3) is 0 Å². The second-order valence-corrected chi connectivity index (χ2v) is 5.00. The zero-order valence-corrected chi connectivity index (χ0v) is 13.1. The molecule has 0 aliphatic rings. The van der Waals surface area contributed by atoms with Gasteiger partial charge in [-0.05, 0) is 5.41 Å². The number of carbonyl (C=O) groups excluding carboxylic acids is 2. The van der Waals surface area contributed by atoms with Crippen LogP contribution in [-0.4, -0.2) is 52.8 Å². The summed E-state index contributed by atoms with van der Waals surface area (Å²) < 4.78 is 20.6. The summed E-state index contributed by atoms with van der Waals surface area (Å²) in [4.78, 5) is 22.8.